The van der Waals surface area contributed by atoms with Crippen LogP contribution in [0, 0.1) is 23.7 Å². The van der Waals surface area contributed by atoms with Crippen molar-refractivity contribution in [1.29, 1.82) is 0 Å². The summed E-state index contributed by atoms with van der Waals surface area (Å²) in [6.45, 7) is 12.7. The van der Waals surface area contributed by atoms with Crippen LogP contribution in [-0.4, -0.2) is 171 Å². The molecule has 0 aromatic heterocycles. The van der Waals surface area contributed by atoms with Gasteiger partial charge in [0, 0.05) is 50.9 Å². The molecular formula is C54H86N10O10S. The molecule has 0 bridgehead atoms. The van der Waals surface area contributed by atoms with Crippen LogP contribution in [0.1, 0.15) is 91.4 Å². The van der Waals surface area contributed by atoms with Crippen LogP contribution in [0.4, 0.5) is 0 Å². The number of thiol groups is 1. The maximum atomic E-state index is 14.3. The fourth-order valence-corrected chi connectivity index (χ4v) is 9.94. The number of methoxy groups -OCH3 is 1. The van der Waals surface area contributed by atoms with Crippen molar-refractivity contribution in [2.75, 3.05) is 67.7 Å². The molecule has 1 fully saturated rings. The minimum atomic E-state index is -1.06. The van der Waals surface area contributed by atoms with Gasteiger partial charge in [-0.1, -0.05) is 116 Å². The van der Waals surface area contributed by atoms with E-state index in [2.05, 4.69) is 31.9 Å². The highest BCUT2D eigenvalue weighted by Gasteiger charge is 2.42. The first-order valence-corrected chi connectivity index (χ1v) is 26.6. The Balaban J connectivity index is 1.64. The Kier molecular flexibility index (Phi) is 27.2. The number of benzene rings is 2. The van der Waals surface area contributed by atoms with Crippen LogP contribution >= 0.6 is 12.6 Å². The number of nitrogens with one attached hydrogen (secondary N) is 6. The number of carbonyl (C=O) groups excluding carboxylic acids is 8. The maximum Gasteiger partial charge on any atom is 0.245 e. The first-order chi connectivity index (χ1) is 35.6. The lowest BCUT2D eigenvalue weighted by Gasteiger charge is -2.41. The van der Waals surface area contributed by atoms with Gasteiger partial charge in [-0.25, -0.2) is 0 Å². The smallest absolute Gasteiger partial charge is 0.245 e. The van der Waals surface area contributed by atoms with E-state index in [9.17, 15) is 38.4 Å². The topological polar surface area (TPSA) is 263 Å². The van der Waals surface area contributed by atoms with Gasteiger partial charge in [-0.05, 0) is 55.8 Å². The van der Waals surface area contributed by atoms with Crippen molar-refractivity contribution in [3.8, 4) is 0 Å². The van der Waals surface area contributed by atoms with Crippen LogP contribution in [0.5, 0.6) is 0 Å². The Morgan fingerprint density at radius 1 is 0.773 bits per heavy atom. The molecule has 1 heterocycles. The summed E-state index contributed by atoms with van der Waals surface area (Å²) in [5.74, 6) is -4.22. The summed E-state index contributed by atoms with van der Waals surface area (Å²) in [4.78, 5) is 112. The van der Waals surface area contributed by atoms with E-state index in [1.165, 1.54) is 0 Å². The summed E-state index contributed by atoms with van der Waals surface area (Å²) in [6, 6.07) is 15.0. The van der Waals surface area contributed by atoms with Crippen LogP contribution < -0.4 is 37.6 Å². The summed E-state index contributed by atoms with van der Waals surface area (Å²) < 4.78 is 12.1. The molecule has 0 saturated carbocycles. The summed E-state index contributed by atoms with van der Waals surface area (Å²) in [6.07, 6.45) is 0.799. The number of hydrogen-bond acceptors (Lipinski definition) is 13. The molecule has 10 atom stereocenters. The first-order valence-electron chi connectivity index (χ1n) is 26.1. The first kappa shape index (κ1) is 63.7. The van der Waals surface area contributed by atoms with Gasteiger partial charge in [0.15, 0.2) is 0 Å². The molecule has 75 heavy (non-hydrogen) atoms. The fraction of sp³-hybridized carbons (Fsp3) is 0.630. The van der Waals surface area contributed by atoms with Crippen molar-refractivity contribution >= 4 is 59.9 Å². The molecule has 20 nitrogen and oxygen atoms in total. The lowest BCUT2D eigenvalue weighted by Crippen LogP contribution is -2.59. The van der Waals surface area contributed by atoms with E-state index >= 15 is 0 Å². The minimum absolute atomic E-state index is 0.0145. The summed E-state index contributed by atoms with van der Waals surface area (Å²) in [5.41, 5.74) is 6.79. The van der Waals surface area contributed by atoms with E-state index in [1.54, 1.807) is 55.1 Å². The summed E-state index contributed by atoms with van der Waals surface area (Å²) in [5, 5.41) is 15.6. The average molecular weight is 1070 g/mol. The zero-order chi connectivity index (χ0) is 55.9. The molecule has 1 aliphatic heterocycles. The number of nitrogens with two attached hydrogens (primary N) is 1. The molecule has 0 aliphatic carbocycles. The van der Waals surface area contributed by atoms with Crippen molar-refractivity contribution in [3.63, 3.8) is 0 Å². The van der Waals surface area contributed by atoms with Crippen molar-refractivity contribution in [2.24, 2.45) is 29.4 Å². The third kappa shape index (κ3) is 19.8. The van der Waals surface area contributed by atoms with Gasteiger partial charge in [0.25, 0.3) is 0 Å². The number of likely N-dealkylation sites (tertiary alicyclic amines) is 1. The molecule has 3 rings (SSSR count). The second kappa shape index (κ2) is 32.1. The van der Waals surface area contributed by atoms with E-state index in [1.807, 2.05) is 96.9 Å². The van der Waals surface area contributed by atoms with Crippen molar-refractivity contribution in [1.82, 2.24) is 46.6 Å². The Hall–Kier alpha value is -5.61. The normalized spacial score (nSPS) is 17.1. The number of carbonyl (C=O) groups is 8. The van der Waals surface area contributed by atoms with Crippen LogP contribution in [0.2, 0.25) is 0 Å². The molecule has 8 amide bonds. The highest BCUT2D eigenvalue weighted by Crippen LogP contribution is 2.31. The predicted molar refractivity (Wildman–Crippen MR) is 291 cm³/mol. The van der Waals surface area contributed by atoms with E-state index in [0.717, 1.165) is 11.1 Å². The van der Waals surface area contributed by atoms with Crippen LogP contribution in [-0.2, 0) is 54.3 Å². The molecule has 1 aliphatic rings. The standard InChI is InChI=1S/C54H86N10O10S/c1-12-35(6)49(63(10)54(72)47(33(2)3)61-53(71)48(34(4)5)62(8)9)41(73-11)27-46(68)64-25-19-24-40(64)50(75)36(7)51(69)57-29-42(38-22-17-14-18-23-38)74-32-59-44(66)30-58-52(70)39(26-37-20-15-13-16-21-37)60-45(67)31-56-43(65)28-55/h13-18,20-23,33-36,39-42,47-50,75H,12,19,24-32,55H2,1-11H3,(H,56,65)(H,57,69)(H,58,70)(H,59,66)(H,60,67)(H,61,71)/t35-,36+,39-,40?,41?,42+,47-,48-,49-,50?/m0/s1. The van der Waals surface area contributed by atoms with E-state index in [0.29, 0.717) is 25.8 Å². The number of likely N-dealkylation sites (N-methyl/N-ethyl adjacent to an activating group) is 2. The zero-order valence-electron chi connectivity index (χ0n) is 45.9. The lowest BCUT2D eigenvalue weighted by atomic mass is 9.89. The number of nitrogens with zero attached hydrogens (tertiary/aromatic N) is 3. The molecule has 418 valence electrons. The minimum Gasteiger partial charge on any atom is -0.379 e. The molecule has 0 radical (unpaired) electrons. The van der Waals surface area contributed by atoms with Gasteiger partial charge >= 0.3 is 0 Å². The molecule has 0 spiro atoms. The number of rotatable bonds is 31. The maximum absolute atomic E-state index is 14.3. The molecule has 2 aromatic rings. The Morgan fingerprint density at radius 3 is 1.97 bits per heavy atom. The largest absolute Gasteiger partial charge is 0.379 e. The highest BCUT2D eigenvalue weighted by molar-refractivity contribution is 7.81. The van der Waals surface area contributed by atoms with Gasteiger partial charge in [0.2, 0.25) is 47.3 Å². The Morgan fingerprint density at radius 2 is 1.40 bits per heavy atom. The SMILES string of the molecule is CC[C@H](C)[C@@H](C(CC(=O)N1CCCC1C(S)[C@@H](C)C(=O)NC[C@@H](OCNC(=O)CNC(=O)[C@H](Cc1ccccc1)NC(=O)CNC(=O)CN)c1ccccc1)OC)N(C)C(=O)[C@@H](NC(=O)[C@H](C(C)C)N(C)C)C(C)C. The van der Waals surface area contributed by atoms with Crippen LogP contribution in [0.15, 0.2) is 60.7 Å². The van der Waals surface area contributed by atoms with Crippen LogP contribution in [0.3, 0.4) is 0 Å². The van der Waals surface area contributed by atoms with E-state index < -0.39 is 77.7 Å². The van der Waals surface area contributed by atoms with Gasteiger partial charge in [-0.3, -0.25) is 43.3 Å². The highest BCUT2D eigenvalue weighted by atomic mass is 32.1. The fourth-order valence-electron chi connectivity index (χ4n) is 9.50. The van der Waals surface area contributed by atoms with Crippen LogP contribution in [0.25, 0.3) is 0 Å². The number of hydrogen-bond donors (Lipinski definition) is 8. The second-order valence-electron chi connectivity index (χ2n) is 20.3. The monoisotopic (exact) mass is 1070 g/mol. The Bertz CT molecular complexity index is 2150. The Labute approximate surface area is 449 Å². The van der Waals surface area contributed by atoms with Gasteiger partial charge in [-0.15, -0.1) is 0 Å². The van der Waals surface area contributed by atoms with Crippen molar-refractivity contribution < 1.29 is 47.8 Å². The van der Waals surface area contributed by atoms with Gasteiger partial charge in [-0.2, -0.15) is 12.6 Å². The second-order valence-corrected chi connectivity index (χ2v) is 20.9. The third-order valence-electron chi connectivity index (χ3n) is 13.9. The molecule has 8 N–H and O–H groups in total. The third-order valence-corrected chi connectivity index (χ3v) is 14.7. The molecular weight excluding hydrogens is 981 g/mol. The number of ether oxygens (including phenoxy) is 2. The number of amides is 8. The quantitative estimate of drug-likeness (QED) is 0.0397. The lowest BCUT2D eigenvalue weighted by molar-refractivity contribution is -0.146. The van der Waals surface area contributed by atoms with Gasteiger partial charge in [0.05, 0.1) is 44.2 Å². The van der Waals surface area contributed by atoms with E-state index in [4.69, 9.17) is 27.8 Å². The van der Waals surface area contributed by atoms with Gasteiger partial charge < -0.3 is 56.9 Å². The zero-order valence-corrected chi connectivity index (χ0v) is 46.8. The van der Waals surface area contributed by atoms with Gasteiger partial charge in [0.1, 0.15) is 24.9 Å². The predicted octanol–water partition coefficient (Wildman–Crippen LogP) is 1.78. The van der Waals surface area contributed by atoms with Crippen molar-refractivity contribution in [3.05, 3.63) is 71.8 Å². The van der Waals surface area contributed by atoms with E-state index in [-0.39, 0.29) is 86.6 Å². The molecule has 3 unspecified atom stereocenters. The van der Waals surface area contributed by atoms with Crippen molar-refractivity contribution in [2.45, 2.75) is 128 Å². The molecule has 21 heteroatoms. The average Bonchev–Trinajstić information content (AvgIpc) is 3.89. The summed E-state index contributed by atoms with van der Waals surface area (Å²) >= 11 is 4.96. The molecule has 2 aromatic carbocycles. The summed E-state index contributed by atoms with van der Waals surface area (Å²) in [7, 11) is 6.94. The molecule has 1 saturated heterocycles.